The van der Waals surface area contributed by atoms with Crippen LogP contribution in [0.5, 0.6) is 11.5 Å². The molecule has 0 aliphatic heterocycles. The van der Waals surface area contributed by atoms with Crippen LogP contribution in [0.3, 0.4) is 0 Å². The third-order valence-electron chi connectivity index (χ3n) is 3.82. The third-order valence-corrected chi connectivity index (χ3v) is 3.82. The summed E-state index contributed by atoms with van der Waals surface area (Å²) in [6.45, 7) is 1.21. The molecule has 0 atom stereocenters. The number of aryl methyl sites for hydroxylation is 1. The van der Waals surface area contributed by atoms with E-state index in [-0.39, 0.29) is 11.5 Å². The van der Waals surface area contributed by atoms with Gasteiger partial charge in [-0.15, -0.1) is 0 Å². The molecule has 0 spiro atoms. The second kappa shape index (κ2) is 10.1. The SMILES string of the molecule is COc1cc(C=CC(=O)NCCCCn2ccccc2=O)cc(OC)c1. The van der Waals surface area contributed by atoms with E-state index in [4.69, 9.17) is 9.47 Å². The average molecular weight is 356 g/mol. The standard InChI is InChI=1S/C20H24N2O4/c1-25-17-13-16(14-18(15-17)26-2)8-9-19(23)21-10-4-6-12-22-11-5-3-7-20(22)24/h3,5,7-9,11,13-15H,4,6,10,12H2,1-2H3,(H,21,23). The minimum atomic E-state index is -0.163. The Labute approximate surface area is 153 Å². The Morgan fingerprint density at radius 1 is 1.12 bits per heavy atom. The van der Waals surface area contributed by atoms with Crippen molar-refractivity contribution in [2.45, 2.75) is 19.4 Å². The van der Waals surface area contributed by atoms with Crippen LogP contribution in [-0.2, 0) is 11.3 Å². The van der Waals surface area contributed by atoms with Crippen molar-refractivity contribution in [3.05, 3.63) is 64.6 Å². The van der Waals surface area contributed by atoms with Crippen molar-refractivity contribution < 1.29 is 14.3 Å². The van der Waals surface area contributed by atoms with Gasteiger partial charge in [0.15, 0.2) is 0 Å². The van der Waals surface area contributed by atoms with Crippen LogP contribution >= 0.6 is 0 Å². The predicted molar refractivity (Wildman–Crippen MR) is 102 cm³/mol. The number of methoxy groups -OCH3 is 2. The third kappa shape index (κ3) is 6.12. The Morgan fingerprint density at radius 3 is 2.50 bits per heavy atom. The molecule has 0 aliphatic rings. The number of unbranched alkanes of at least 4 members (excludes halogenated alkanes) is 1. The van der Waals surface area contributed by atoms with E-state index in [2.05, 4.69) is 5.32 Å². The molecule has 0 unspecified atom stereocenters. The zero-order valence-electron chi connectivity index (χ0n) is 15.1. The number of amides is 1. The molecule has 1 amide bonds. The minimum Gasteiger partial charge on any atom is -0.497 e. The number of ether oxygens (including phenoxy) is 2. The second-order valence-corrected chi connectivity index (χ2v) is 5.71. The molecule has 0 fully saturated rings. The van der Waals surface area contributed by atoms with Gasteiger partial charge < -0.3 is 19.4 Å². The number of carbonyl (C=O) groups excluding carboxylic acids is 1. The zero-order chi connectivity index (χ0) is 18.8. The van der Waals surface area contributed by atoms with Crippen LogP contribution in [0.1, 0.15) is 18.4 Å². The van der Waals surface area contributed by atoms with Gasteiger partial charge in [-0.2, -0.15) is 0 Å². The van der Waals surface area contributed by atoms with Gasteiger partial charge in [0.1, 0.15) is 11.5 Å². The summed E-state index contributed by atoms with van der Waals surface area (Å²) in [7, 11) is 3.16. The number of nitrogens with zero attached hydrogens (tertiary/aromatic N) is 1. The van der Waals surface area contributed by atoms with E-state index in [9.17, 15) is 9.59 Å². The Hall–Kier alpha value is -3.02. The summed E-state index contributed by atoms with van der Waals surface area (Å²) in [5.74, 6) is 1.17. The maximum Gasteiger partial charge on any atom is 0.250 e. The first-order valence-electron chi connectivity index (χ1n) is 8.47. The van der Waals surface area contributed by atoms with Gasteiger partial charge >= 0.3 is 0 Å². The normalized spacial score (nSPS) is 10.7. The van der Waals surface area contributed by atoms with Gasteiger partial charge in [-0.05, 0) is 42.7 Å². The molecular formula is C20H24N2O4. The molecule has 0 saturated heterocycles. The summed E-state index contributed by atoms with van der Waals surface area (Å²) < 4.78 is 12.1. The first-order chi connectivity index (χ1) is 12.6. The van der Waals surface area contributed by atoms with Crippen molar-refractivity contribution >= 4 is 12.0 Å². The molecule has 0 saturated carbocycles. The van der Waals surface area contributed by atoms with Crippen molar-refractivity contribution in [2.24, 2.45) is 0 Å². The van der Waals surface area contributed by atoms with Crippen molar-refractivity contribution in [1.29, 1.82) is 0 Å². The highest BCUT2D eigenvalue weighted by molar-refractivity contribution is 5.91. The highest BCUT2D eigenvalue weighted by Crippen LogP contribution is 2.23. The van der Waals surface area contributed by atoms with Crippen molar-refractivity contribution in [3.8, 4) is 11.5 Å². The molecule has 26 heavy (non-hydrogen) atoms. The van der Waals surface area contributed by atoms with Crippen LogP contribution in [0.25, 0.3) is 6.08 Å². The molecule has 2 aromatic rings. The number of benzene rings is 1. The summed E-state index contributed by atoms with van der Waals surface area (Å²) in [6, 6.07) is 10.5. The topological polar surface area (TPSA) is 69.6 Å². The number of nitrogens with one attached hydrogen (secondary N) is 1. The number of pyridine rings is 1. The molecule has 0 radical (unpaired) electrons. The van der Waals surface area contributed by atoms with E-state index in [0.717, 1.165) is 18.4 Å². The lowest BCUT2D eigenvalue weighted by Crippen LogP contribution is -2.23. The lowest BCUT2D eigenvalue weighted by Gasteiger charge is -2.06. The van der Waals surface area contributed by atoms with Gasteiger partial charge in [0.2, 0.25) is 11.5 Å². The highest BCUT2D eigenvalue weighted by atomic mass is 16.5. The molecule has 2 rings (SSSR count). The molecule has 1 N–H and O–H groups in total. The molecule has 1 aromatic carbocycles. The van der Waals surface area contributed by atoms with Gasteiger partial charge in [0.25, 0.3) is 0 Å². The molecular weight excluding hydrogens is 332 g/mol. The second-order valence-electron chi connectivity index (χ2n) is 5.71. The van der Waals surface area contributed by atoms with E-state index in [1.165, 1.54) is 6.08 Å². The van der Waals surface area contributed by atoms with Crippen molar-refractivity contribution in [1.82, 2.24) is 9.88 Å². The molecule has 6 heteroatoms. The first kappa shape index (κ1) is 19.3. The molecule has 1 heterocycles. The van der Waals surface area contributed by atoms with Crippen LogP contribution in [-0.4, -0.2) is 31.2 Å². The first-order valence-corrected chi connectivity index (χ1v) is 8.47. The number of aromatic nitrogens is 1. The number of hydrogen-bond acceptors (Lipinski definition) is 4. The number of rotatable bonds is 9. The predicted octanol–water partition coefficient (Wildman–Crippen LogP) is 2.48. The molecule has 0 bridgehead atoms. The van der Waals surface area contributed by atoms with Crippen LogP contribution < -0.4 is 20.3 Å². The Balaban J connectivity index is 1.75. The number of hydrogen-bond donors (Lipinski definition) is 1. The summed E-state index contributed by atoms with van der Waals surface area (Å²) in [5.41, 5.74) is 0.813. The highest BCUT2D eigenvalue weighted by Gasteiger charge is 2.01. The summed E-state index contributed by atoms with van der Waals surface area (Å²) in [6.07, 6.45) is 6.58. The van der Waals surface area contributed by atoms with Gasteiger partial charge in [-0.3, -0.25) is 9.59 Å². The fourth-order valence-corrected chi connectivity index (χ4v) is 2.42. The van der Waals surface area contributed by atoms with Gasteiger partial charge in [0.05, 0.1) is 14.2 Å². The summed E-state index contributed by atoms with van der Waals surface area (Å²) >= 11 is 0. The number of carbonyl (C=O) groups is 1. The van der Waals surface area contributed by atoms with E-state index in [0.29, 0.717) is 24.6 Å². The minimum absolute atomic E-state index is 0.00631. The fourth-order valence-electron chi connectivity index (χ4n) is 2.42. The van der Waals surface area contributed by atoms with Crippen molar-refractivity contribution in [3.63, 3.8) is 0 Å². The Bertz CT molecular complexity index is 789. The quantitative estimate of drug-likeness (QED) is 0.554. The largest absolute Gasteiger partial charge is 0.497 e. The molecule has 138 valence electrons. The monoisotopic (exact) mass is 356 g/mol. The molecule has 6 nitrogen and oxygen atoms in total. The maximum atomic E-state index is 11.9. The Kier molecular flexibility index (Phi) is 7.49. The fraction of sp³-hybridized carbons (Fsp3) is 0.300. The maximum absolute atomic E-state index is 11.9. The van der Waals surface area contributed by atoms with Crippen LogP contribution in [0.4, 0.5) is 0 Å². The van der Waals surface area contributed by atoms with Gasteiger partial charge in [0, 0.05) is 37.5 Å². The summed E-state index contributed by atoms with van der Waals surface area (Å²) in [4.78, 5) is 23.5. The smallest absolute Gasteiger partial charge is 0.250 e. The van der Waals surface area contributed by atoms with Crippen LogP contribution in [0.15, 0.2) is 53.5 Å². The van der Waals surface area contributed by atoms with E-state index >= 15 is 0 Å². The van der Waals surface area contributed by atoms with Gasteiger partial charge in [-0.25, -0.2) is 0 Å². The van der Waals surface area contributed by atoms with Gasteiger partial charge in [-0.1, -0.05) is 6.07 Å². The van der Waals surface area contributed by atoms with Crippen LogP contribution in [0, 0.1) is 0 Å². The van der Waals surface area contributed by atoms with Crippen LogP contribution in [0.2, 0.25) is 0 Å². The molecule has 0 aliphatic carbocycles. The van der Waals surface area contributed by atoms with E-state index in [1.54, 1.807) is 49.3 Å². The lowest BCUT2D eigenvalue weighted by atomic mass is 10.2. The Morgan fingerprint density at radius 2 is 1.85 bits per heavy atom. The van der Waals surface area contributed by atoms with E-state index in [1.807, 2.05) is 18.2 Å². The lowest BCUT2D eigenvalue weighted by molar-refractivity contribution is -0.116. The van der Waals surface area contributed by atoms with E-state index < -0.39 is 0 Å². The molecule has 1 aromatic heterocycles. The zero-order valence-corrected chi connectivity index (χ0v) is 15.1. The average Bonchev–Trinajstić information content (AvgIpc) is 2.67. The summed E-state index contributed by atoms with van der Waals surface area (Å²) in [5, 5.41) is 2.84. The van der Waals surface area contributed by atoms with Crippen molar-refractivity contribution in [2.75, 3.05) is 20.8 Å².